The number of hydrogen-bond acceptors (Lipinski definition) is 1. The third-order valence-corrected chi connectivity index (χ3v) is 2.73. The van der Waals surface area contributed by atoms with E-state index in [9.17, 15) is 0 Å². The van der Waals surface area contributed by atoms with Crippen LogP contribution in [0.3, 0.4) is 0 Å². The van der Waals surface area contributed by atoms with Gasteiger partial charge in [-0.3, -0.25) is 0 Å². The Kier molecular flexibility index (Phi) is 4.53. The van der Waals surface area contributed by atoms with E-state index in [1.54, 1.807) is 0 Å². The fourth-order valence-electron chi connectivity index (χ4n) is 1.64. The topological polar surface area (TPSA) is 12.0 Å². The summed E-state index contributed by atoms with van der Waals surface area (Å²) in [5, 5.41) is 3.51. The van der Waals surface area contributed by atoms with Crippen LogP contribution in [0.2, 0.25) is 0 Å². The zero-order chi connectivity index (χ0) is 13.1. The predicted molar refractivity (Wildman–Crippen MR) is 77.3 cm³/mol. The Hall–Kier alpha value is -1.08. The Morgan fingerprint density at radius 3 is 2.47 bits per heavy atom. The molecule has 17 heavy (non-hydrogen) atoms. The molecule has 0 aromatic heterocycles. The average molecular weight is 231 g/mol. The lowest BCUT2D eigenvalue weighted by Crippen LogP contribution is -2.36. The molecule has 0 aliphatic rings. The monoisotopic (exact) mass is 231 g/mol. The van der Waals surface area contributed by atoms with Crippen LogP contribution in [0.5, 0.6) is 0 Å². The van der Waals surface area contributed by atoms with Gasteiger partial charge in [-0.05, 0) is 52.7 Å². The van der Waals surface area contributed by atoms with Crippen molar-refractivity contribution in [2.75, 3.05) is 6.54 Å². The number of hydrogen-bond donors (Lipinski definition) is 1. The zero-order valence-electron chi connectivity index (χ0n) is 12.0. The highest BCUT2D eigenvalue weighted by Crippen LogP contribution is 2.14. The fraction of sp³-hybridized carbons (Fsp3) is 0.500. The summed E-state index contributed by atoms with van der Waals surface area (Å²) in [6.07, 6.45) is 2.28. The molecule has 0 heterocycles. The van der Waals surface area contributed by atoms with E-state index in [1.165, 1.54) is 22.3 Å². The summed E-state index contributed by atoms with van der Waals surface area (Å²) in [7, 11) is 0. The van der Waals surface area contributed by atoms with Crippen LogP contribution in [0.25, 0.3) is 6.08 Å². The van der Waals surface area contributed by atoms with Crippen LogP contribution in [-0.2, 0) is 0 Å². The molecule has 0 aliphatic heterocycles. The maximum absolute atomic E-state index is 3.51. The summed E-state index contributed by atoms with van der Waals surface area (Å²) in [5.41, 5.74) is 5.53. The van der Waals surface area contributed by atoms with Gasteiger partial charge in [0.15, 0.2) is 0 Å². The number of aryl methyl sites for hydroxylation is 2. The van der Waals surface area contributed by atoms with E-state index in [-0.39, 0.29) is 5.54 Å². The van der Waals surface area contributed by atoms with Crippen molar-refractivity contribution in [3.8, 4) is 0 Å². The summed E-state index contributed by atoms with van der Waals surface area (Å²) in [4.78, 5) is 0. The normalized spacial score (nSPS) is 12.9. The van der Waals surface area contributed by atoms with Gasteiger partial charge in [0.25, 0.3) is 0 Å². The fourth-order valence-corrected chi connectivity index (χ4v) is 1.64. The minimum absolute atomic E-state index is 0.177. The molecular weight excluding hydrogens is 206 g/mol. The van der Waals surface area contributed by atoms with Crippen molar-refractivity contribution in [1.29, 1.82) is 0 Å². The molecular formula is C16H25N. The van der Waals surface area contributed by atoms with Gasteiger partial charge < -0.3 is 5.32 Å². The summed E-state index contributed by atoms with van der Waals surface area (Å²) >= 11 is 0. The molecule has 0 fully saturated rings. The highest BCUT2D eigenvalue weighted by Gasteiger charge is 2.07. The molecule has 0 saturated heterocycles. The molecule has 1 aromatic carbocycles. The van der Waals surface area contributed by atoms with Crippen molar-refractivity contribution >= 4 is 6.08 Å². The molecule has 1 nitrogen and oxygen atoms in total. The number of benzene rings is 1. The van der Waals surface area contributed by atoms with Crippen molar-refractivity contribution in [1.82, 2.24) is 5.32 Å². The van der Waals surface area contributed by atoms with Gasteiger partial charge in [0.2, 0.25) is 0 Å². The predicted octanol–water partition coefficient (Wildman–Crippen LogP) is 4.09. The third-order valence-electron chi connectivity index (χ3n) is 2.73. The zero-order valence-corrected chi connectivity index (χ0v) is 12.0. The maximum atomic E-state index is 3.51. The smallest absolute Gasteiger partial charge is 0.0170 e. The SMILES string of the molecule is CC(=Cc1cc(C)ccc1C)CNC(C)(C)C. The minimum atomic E-state index is 0.177. The standard InChI is InChI=1S/C16H25N/c1-12-7-8-14(3)15(9-12)10-13(2)11-17-16(4,5)6/h7-10,17H,11H2,1-6H3. The van der Waals surface area contributed by atoms with E-state index in [2.05, 4.69) is 71.1 Å². The average Bonchev–Trinajstić information content (AvgIpc) is 2.20. The van der Waals surface area contributed by atoms with E-state index < -0.39 is 0 Å². The van der Waals surface area contributed by atoms with Crippen LogP contribution in [0.15, 0.2) is 23.8 Å². The second-order valence-electron chi connectivity index (χ2n) is 5.95. The van der Waals surface area contributed by atoms with Gasteiger partial charge in [-0.1, -0.05) is 35.4 Å². The van der Waals surface area contributed by atoms with Gasteiger partial charge in [-0.25, -0.2) is 0 Å². The first-order chi connectivity index (χ1) is 7.78. The highest BCUT2D eigenvalue weighted by molar-refractivity contribution is 5.57. The molecule has 0 radical (unpaired) electrons. The Balaban J connectivity index is 2.77. The Morgan fingerprint density at radius 2 is 1.88 bits per heavy atom. The lowest BCUT2D eigenvalue weighted by atomic mass is 10.0. The molecule has 1 heteroatoms. The molecule has 0 unspecified atom stereocenters. The van der Waals surface area contributed by atoms with E-state index in [1.807, 2.05) is 0 Å². The van der Waals surface area contributed by atoms with Gasteiger partial charge in [0, 0.05) is 12.1 Å². The second-order valence-corrected chi connectivity index (χ2v) is 5.95. The van der Waals surface area contributed by atoms with E-state index in [0.29, 0.717) is 0 Å². The van der Waals surface area contributed by atoms with Crippen molar-refractivity contribution < 1.29 is 0 Å². The lowest BCUT2D eigenvalue weighted by Gasteiger charge is -2.20. The van der Waals surface area contributed by atoms with Crippen molar-refractivity contribution in [2.24, 2.45) is 0 Å². The molecule has 1 aromatic rings. The molecule has 1 N–H and O–H groups in total. The second kappa shape index (κ2) is 5.50. The van der Waals surface area contributed by atoms with E-state index in [0.717, 1.165) is 6.54 Å². The lowest BCUT2D eigenvalue weighted by molar-refractivity contribution is 0.445. The molecule has 94 valence electrons. The van der Waals surface area contributed by atoms with Gasteiger partial charge in [0.1, 0.15) is 0 Å². The van der Waals surface area contributed by atoms with Crippen LogP contribution < -0.4 is 5.32 Å². The summed E-state index contributed by atoms with van der Waals surface area (Å²) < 4.78 is 0. The first-order valence-corrected chi connectivity index (χ1v) is 6.27. The summed E-state index contributed by atoms with van der Waals surface area (Å²) in [6, 6.07) is 6.59. The van der Waals surface area contributed by atoms with Crippen LogP contribution in [-0.4, -0.2) is 12.1 Å². The highest BCUT2D eigenvalue weighted by atomic mass is 14.9. The molecule has 0 spiro atoms. The van der Waals surface area contributed by atoms with Gasteiger partial charge in [-0.15, -0.1) is 0 Å². The van der Waals surface area contributed by atoms with Gasteiger partial charge in [-0.2, -0.15) is 0 Å². The van der Waals surface area contributed by atoms with Crippen LogP contribution in [0.4, 0.5) is 0 Å². The molecule has 0 saturated carbocycles. The van der Waals surface area contributed by atoms with Crippen molar-refractivity contribution in [3.05, 3.63) is 40.5 Å². The summed E-state index contributed by atoms with van der Waals surface area (Å²) in [5.74, 6) is 0. The van der Waals surface area contributed by atoms with Gasteiger partial charge >= 0.3 is 0 Å². The van der Waals surface area contributed by atoms with Gasteiger partial charge in [0.05, 0.1) is 0 Å². The minimum Gasteiger partial charge on any atom is -0.308 e. The van der Waals surface area contributed by atoms with Crippen LogP contribution in [0, 0.1) is 13.8 Å². The van der Waals surface area contributed by atoms with Crippen molar-refractivity contribution in [3.63, 3.8) is 0 Å². The van der Waals surface area contributed by atoms with Crippen LogP contribution >= 0.6 is 0 Å². The molecule has 0 aliphatic carbocycles. The number of rotatable bonds is 3. The number of nitrogens with one attached hydrogen (secondary N) is 1. The van der Waals surface area contributed by atoms with Crippen molar-refractivity contribution in [2.45, 2.75) is 47.1 Å². The summed E-state index contributed by atoms with van der Waals surface area (Å²) in [6.45, 7) is 14.0. The first-order valence-electron chi connectivity index (χ1n) is 6.27. The molecule has 1 rings (SSSR count). The van der Waals surface area contributed by atoms with E-state index >= 15 is 0 Å². The van der Waals surface area contributed by atoms with Crippen LogP contribution in [0.1, 0.15) is 44.4 Å². The Labute approximate surface area is 106 Å². The quantitative estimate of drug-likeness (QED) is 0.826. The first kappa shape index (κ1) is 14.0. The molecule has 0 bridgehead atoms. The third kappa shape index (κ3) is 5.18. The Bertz CT molecular complexity index is 408. The van der Waals surface area contributed by atoms with E-state index in [4.69, 9.17) is 0 Å². The molecule has 0 amide bonds. The molecule has 0 atom stereocenters. The largest absolute Gasteiger partial charge is 0.308 e. The Morgan fingerprint density at radius 1 is 1.24 bits per heavy atom. The maximum Gasteiger partial charge on any atom is 0.0170 e.